The number of rotatable bonds is 5. The lowest BCUT2D eigenvalue weighted by molar-refractivity contribution is 0.106. The Hall–Kier alpha value is -4.25. The van der Waals surface area contributed by atoms with Crippen LogP contribution in [0.5, 0.6) is 5.75 Å². The van der Waals surface area contributed by atoms with Gasteiger partial charge in [-0.05, 0) is 60.2 Å². The molecular formula is C29H26FN3O6S. The molecule has 0 amide bonds. The number of benzene rings is 2. The molecule has 11 heteroatoms. The smallest absolute Gasteiger partial charge is 0.230 e. The van der Waals surface area contributed by atoms with Gasteiger partial charge in [0.2, 0.25) is 20.7 Å². The SMILES string of the molecule is CO/C1=C/N=CC(c2ccc(OC)c3c2S(=O)(=O)/C(=N/Nc2ccc(F)cc2)C3=O)C2=C3C1=COC3CCC2C. The molecule has 0 saturated heterocycles. The van der Waals surface area contributed by atoms with Crippen molar-refractivity contribution in [2.24, 2.45) is 16.0 Å². The van der Waals surface area contributed by atoms with Gasteiger partial charge < -0.3 is 14.2 Å². The van der Waals surface area contributed by atoms with Crippen molar-refractivity contribution in [2.45, 2.75) is 36.7 Å². The van der Waals surface area contributed by atoms with Crippen molar-refractivity contribution in [3.63, 3.8) is 0 Å². The Morgan fingerprint density at radius 2 is 1.88 bits per heavy atom. The number of ether oxygens (including phenoxy) is 3. The van der Waals surface area contributed by atoms with E-state index in [2.05, 4.69) is 22.4 Å². The van der Waals surface area contributed by atoms with Crippen molar-refractivity contribution in [3.05, 3.63) is 88.3 Å². The van der Waals surface area contributed by atoms with Gasteiger partial charge in [-0.25, -0.2) is 12.8 Å². The summed E-state index contributed by atoms with van der Waals surface area (Å²) >= 11 is 0. The van der Waals surface area contributed by atoms with E-state index in [4.69, 9.17) is 14.2 Å². The lowest BCUT2D eigenvalue weighted by Gasteiger charge is -2.34. The number of hydrogen-bond acceptors (Lipinski definition) is 9. The van der Waals surface area contributed by atoms with Crippen LogP contribution in [0.1, 0.15) is 41.6 Å². The normalized spacial score (nSPS) is 26.6. The van der Waals surface area contributed by atoms with Crippen molar-refractivity contribution >= 4 is 32.6 Å². The highest BCUT2D eigenvalue weighted by molar-refractivity contribution is 8.09. The lowest BCUT2D eigenvalue weighted by Crippen LogP contribution is -2.27. The summed E-state index contributed by atoms with van der Waals surface area (Å²) in [6.45, 7) is 2.09. The van der Waals surface area contributed by atoms with Crippen LogP contribution in [0.15, 0.2) is 86.3 Å². The number of carbonyl (C=O) groups excluding carboxylic acids is 1. The Kier molecular flexibility index (Phi) is 6.33. The van der Waals surface area contributed by atoms with Crippen molar-refractivity contribution in [1.82, 2.24) is 0 Å². The van der Waals surface area contributed by atoms with Crippen LogP contribution in [0.4, 0.5) is 10.1 Å². The zero-order valence-electron chi connectivity index (χ0n) is 22.0. The number of methoxy groups -OCH3 is 2. The minimum Gasteiger partial charge on any atom is -0.496 e. The summed E-state index contributed by atoms with van der Waals surface area (Å²) in [5.41, 5.74) is 5.93. The molecule has 0 radical (unpaired) electrons. The van der Waals surface area contributed by atoms with E-state index in [0.717, 1.165) is 29.6 Å². The molecule has 3 atom stereocenters. The van der Waals surface area contributed by atoms with E-state index in [-0.39, 0.29) is 28.2 Å². The summed E-state index contributed by atoms with van der Waals surface area (Å²) in [6.07, 6.45) is 6.40. The van der Waals surface area contributed by atoms with Gasteiger partial charge in [-0.1, -0.05) is 13.0 Å². The highest BCUT2D eigenvalue weighted by atomic mass is 32.2. The molecule has 0 aromatic heterocycles. The molecule has 3 unspecified atom stereocenters. The highest BCUT2D eigenvalue weighted by Gasteiger charge is 2.48. The van der Waals surface area contributed by atoms with E-state index in [1.807, 2.05) is 0 Å². The fourth-order valence-corrected chi connectivity index (χ4v) is 7.50. The highest BCUT2D eigenvalue weighted by Crippen LogP contribution is 2.50. The number of sulfone groups is 1. The minimum absolute atomic E-state index is 0.0766. The Labute approximate surface area is 230 Å². The Balaban J connectivity index is 1.54. The molecule has 1 aliphatic carbocycles. The number of Topliss-reactive ketones (excluding diaryl/α,β-unsaturated/α-hetero) is 1. The quantitative estimate of drug-likeness (QED) is 0.515. The zero-order valence-corrected chi connectivity index (χ0v) is 22.8. The van der Waals surface area contributed by atoms with Crippen molar-refractivity contribution in [2.75, 3.05) is 19.6 Å². The third-order valence-corrected chi connectivity index (χ3v) is 9.46. The standard InChI is InChI=1S/C29H26FN3O6S/c1-15-4-10-22-25-20(14-39-22)23(38-3)13-31-12-19(24(15)25)18-9-11-21(37-2)26-27(34)29(40(35,36)28(18)26)33-32-17-7-5-16(30)6-8-17/h5-9,11-15,19,22,32H,4,10H2,1-3H3/b23-13+,31-12?,33-29+. The number of fused-ring (bicyclic) bond motifs is 1. The average molecular weight is 564 g/mol. The van der Waals surface area contributed by atoms with Gasteiger partial charge in [-0.3, -0.25) is 15.2 Å². The van der Waals surface area contributed by atoms with Crippen LogP contribution < -0.4 is 10.2 Å². The molecule has 9 nitrogen and oxygen atoms in total. The van der Waals surface area contributed by atoms with Crippen molar-refractivity contribution < 1.29 is 31.8 Å². The van der Waals surface area contributed by atoms with Crippen molar-refractivity contribution in [3.8, 4) is 5.75 Å². The summed E-state index contributed by atoms with van der Waals surface area (Å²) in [7, 11) is -1.43. The third kappa shape index (κ3) is 3.95. The van der Waals surface area contributed by atoms with Gasteiger partial charge in [-0.2, -0.15) is 5.10 Å². The number of nitrogens with one attached hydrogen (secondary N) is 1. The van der Waals surface area contributed by atoms with Gasteiger partial charge in [0, 0.05) is 17.7 Å². The second kappa shape index (κ2) is 9.74. The number of anilines is 1. The molecule has 3 heterocycles. The van der Waals surface area contributed by atoms with Gasteiger partial charge in [0.05, 0.1) is 48.4 Å². The number of carbonyl (C=O) groups is 1. The van der Waals surface area contributed by atoms with E-state index < -0.39 is 32.4 Å². The number of allylic oxidation sites excluding steroid dienone is 2. The third-order valence-electron chi connectivity index (χ3n) is 7.69. The zero-order chi connectivity index (χ0) is 28.2. The van der Waals surface area contributed by atoms with Gasteiger partial charge in [-0.15, -0.1) is 0 Å². The number of nitrogens with zero attached hydrogens (tertiary/aromatic N) is 2. The summed E-state index contributed by atoms with van der Waals surface area (Å²) in [5.74, 6) is -1.06. The fraction of sp³-hybridized carbons (Fsp3) is 0.276. The average Bonchev–Trinajstić information content (AvgIpc) is 3.44. The summed E-state index contributed by atoms with van der Waals surface area (Å²) in [5, 5.41) is 3.30. The largest absolute Gasteiger partial charge is 0.496 e. The van der Waals surface area contributed by atoms with Crippen LogP contribution in [0, 0.1) is 11.7 Å². The van der Waals surface area contributed by atoms with E-state index in [1.54, 1.807) is 37.9 Å². The number of halogens is 1. The van der Waals surface area contributed by atoms with Gasteiger partial charge >= 0.3 is 0 Å². The first-order valence-corrected chi connectivity index (χ1v) is 14.2. The second-order valence-electron chi connectivity index (χ2n) is 9.91. The maximum atomic E-state index is 14.0. The Morgan fingerprint density at radius 1 is 1.10 bits per heavy atom. The number of hydrazone groups is 1. The van der Waals surface area contributed by atoms with Crippen LogP contribution in [0.25, 0.3) is 0 Å². The predicted molar refractivity (Wildman–Crippen MR) is 147 cm³/mol. The summed E-state index contributed by atoms with van der Waals surface area (Å²) in [4.78, 5) is 17.9. The van der Waals surface area contributed by atoms with E-state index in [9.17, 15) is 17.6 Å². The first-order valence-electron chi connectivity index (χ1n) is 12.7. The first-order chi connectivity index (χ1) is 19.3. The van der Waals surface area contributed by atoms with E-state index in [0.29, 0.717) is 17.0 Å². The molecule has 4 aliphatic rings. The minimum atomic E-state index is -4.38. The van der Waals surface area contributed by atoms with E-state index >= 15 is 0 Å². The maximum absolute atomic E-state index is 14.0. The molecule has 0 fully saturated rings. The van der Waals surface area contributed by atoms with Gasteiger partial charge in [0.1, 0.15) is 23.4 Å². The molecule has 0 spiro atoms. The lowest BCUT2D eigenvalue weighted by atomic mass is 9.72. The van der Waals surface area contributed by atoms with Crippen LogP contribution >= 0.6 is 0 Å². The predicted octanol–water partition coefficient (Wildman–Crippen LogP) is 4.89. The van der Waals surface area contributed by atoms with E-state index in [1.165, 1.54) is 31.4 Å². The maximum Gasteiger partial charge on any atom is 0.230 e. The number of aliphatic imine (C=N–C) groups is 1. The molecule has 1 N–H and O–H groups in total. The van der Waals surface area contributed by atoms with Gasteiger partial charge in [0.25, 0.3) is 0 Å². The molecule has 3 aliphatic heterocycles. The topological polar surface area (TPSA) is 116 Å². The number of hydrogen-bond donors (Lipinski definition) is 1. The molecule has 0 bridgehead atoms. The molecule has 206 valence electrons. The second-order valence-corrected chi connectivity index (χ2v) is 11.7. The first kappa shape index (κ1) is 26.0. The number of ketones is 1. The van der Waals surface area contributed by atoms with Crippen LogP contribution in [-0.4, -0.2) is 45.8 Å². The van der Waals surface area contributed by atoms with Crippen LogP contribution in [-0.2, 0) is 19.3 Å². The Morgan fingerprint density at radius 3 is 2.60 bits per heavy atom. The summed E-state index contributed by atoms with van der Waals surface area (Å²) < 4.78 is 58.3. The summed E-state index contributed by atoms with van der Waals surface area (Å²) in [6, 6.07) is 8.44. The van der Waals surface area contributed by atoms with Crippen LogP contribution in [0.2, 0.25) is 0 Å². The van der Waals surface area contributed by atoms with Crippen LogP contribution in [0.3, 0.4) is 0 Å². The molecule has 2 aromatic carbocycles. The molecule has 2 aromatic rings. The molecule has 6 rings (SSSR count). The molecular weight excluding hydrogens is 537 g/mol. The Bertz CT molecular complexity index is 1690. The molecule has 0 saturated carbocycles. The fourth-order valence-electron chi connectivity index (χ4n) is 5.83. The molecule has 40 heavy (non-hydrogen) atoms. The van der Waals surface area contributed by atoms with Crippen molar-refractivity contribution in [1.29, 1.82) is 0 Å². The van der Waals surface area contributed by atoms with Gasteiger partial charge in [0.15, 0.2) is 0 Å². The monoisotopic (exact) mass is 563 g/mol.